The van der Waals surface area contributed by atoms with Gasteiger partial charge < -0.3 is 4.74 Å². The molecule has 0 heterocycles. The average molecular weight is 244 g/mol. The van der Waals surface area contributed by atoms with Crippen LogP contribution in [0.25, 0.3) is 0 Å². The molecule has 1 nitrogen and oxygen atoms in total. The molecule has 98 valence electrons. The molecule has 18 heavy (non-hydrogen) atoms. The van der Waals surface area contributed by atoms with E-state index in [0.717, 1.165) is 12.8 Å². The van der Waals surface area contributed by atoms with Gasteiger partial charge in [-0.1, -0.05) is 49.8 Å². The molecule has 1 atom stereocenters. The van der Waals surface area contributed by atoms with Crippen molar-refractivity contribution in [2.24, 2.45) is 5.41 Å². The lowest BCUT2D eigenvalue weighted by atomic mass is 9.63. The van der Waals surface area contributed by atoms with Crippen LogP contribution in [0.5, 0.6) is 0 Å². The molecule has 0 saturated carbocycles. The highest BCUT2D eigenvalue weighted by molar-refractivity contribution is 5.43. The summed E-state index contributed by atoms with van der Waals surface area (Å²) < 4.78 is 6.03. The molecule has 0 aromatic rings. The zero-order valence-corrected chi connectivity index (χ0v) is 12.2. The van der Waals surface area contributed by atoms with E-state index in [1.165, 1.54) is 16.7 Å². The summed E-state index contributed by atoms with van der Waals surface area (Å²) in [7, 11) is 1.84. The highest BCUT2D eigenvalue weighted by Gasteiger charge is 2.48. The van der Waals surface area contributed by atoms with E-state index in [2.05, 4.69) is 58.1 Å². The van der Waals surface area contributed by atoms with Crippen LogP contribution in [0.1, 0.15) is 40.5 Å². The minimum absolute atomic E-state index is 0.00741. The molecule has 0 aromatic carbocycles. The van der Waals surface area contributed by atoms with E-state index in [-0.39, 0.29) is 11.0 Å². The Morgan fingerprint density at radius 3 is 2.44 bits per heavy atom. The van der Waals surface area contributed by atoms with Crippen molar-refractivity contribution in [2.45, 2.75) is 46.1 Å². The second kappa shape index (κ2) is 4.55. The molecule has 0 aromatic heterocycles. The van der Waals surface area contributed by atoms with Crippen LogP contribution in [-0.2, 0) is 4.74 Å². The lowest BCUT2D eigenvalue weighted by Crippen LogP contribution is -2.48. The average Bonchev–Trinajstić information content (AvgIpc) is 2.83. The van der Waals surface area contributed by atoms with E-state index in [0.29, 0.717) is 0 Å². The zero-order valence-electron chi connectivity index (χ0n) is 12.2. The third-order valence-electron chi connectivity index (χ3n) is 4.64. The number of hydrogen-bond donors (Lipinski definition) is 0. The van der Waals surface area contributed by atoms with E-state index in [9.17, 15) is 0 Å². The van der Waals surface area contributed by atoms with Gasteiger partial charge in [-0.2, -0.15) is 0 Å². The van der Waals surface area contributed by atoms with Crippen LogP contribution in [0.4, 0.5) is 0 Å². The monoisotopic (exact) mass is 244 g/mol. The second-order valence-corrected chi connectivity index (χ2v) is 5.93. The van der Waals surface area contributed by atoms with Crippen molar-refractivity contribution >= 4 is 0 Å². The lowest BCUT2D eigenvalue weighted by molar-refractivity contribution is -0.0508. The molecule has 0 saturated heterocycles. The Bertz CT molecular complexity index is 460. The normalized spacial score (nSPS) is 27.9. The molecule has 0 radical (unpaired) electrons. The van der Waals surface area contributed by atoms with Gasteiger partial charge in [0, 0.05) is 12.5 Å². The number of allylic oxidation sites excluding steroid dienone is 5. The molecule has 2 aliphatic carbocycles. The fourth-order valence-electron chi connectivity index (χ4n) is 3.38. The number of hydrogen-bond acceptors (Lipinski definition) is 1. The molecule has 1 unspecified atom stereocenters. The molecule has 2 rings (SSSR count). The van der Waals surface area contributed by atoms with Gasteiger partial charge in [0.25, 0.3) is 0 Å². The molecule has 0 amide bonds. The van der Waals surface area contributed by atoms with Crippen molar-refractivity contribution in [1.29, 1.82) is 0 Å². The third kappa shape index (κ3) is 1.81. The van der Waals surface area contributed by atoms with Gasteiger partial charge in [-0.3, -0.25) is 0 Å². The van der Waals surface area contributed by atoms with Crippen molar-refractivity contribution in [3.63, 3.8) is 0 Å². The van der Waals surface area contributed by atoms with E-state index in [1.807, 2.05) is 7.11 Å². The first-order chi connectivity index (χ1) is 8.44. The van der Waals surface area contributed by atoms with Crippen molar-refractivity contribution in [3.05, 3.63) is 47.1 Å². The van der Waals surface area contributed by atoms with Crippen LogP contribution >= 0.6 is 0 Å². The predicted octanol–water partition coefficient (Wildman–Crippen LogP) is 4.58. The number of methoxy groups -OCH3 is 1. The van der Waals surface area contributed by atoms with Crippen molar-refractivity contribution in [3.8, 4) is 0 Å². The summed E-state index contributed by atoms with van der Waals surface area (Å²) in [6, 6.07) is 0. The van der Waals surface area contributed by atoms with E-state index in [4.69, 9.17) is 4.74 Å². The Morgan fingerprint density at radius 2 is 1.94 bits per heavy atom. The van der Waals surface area contributed by atoms with Crippen molar-refractivity contribution in [2.75, 3.05) is 7.11 Å². The van der Waals surface area contributed by atoms with Gasteiger partial charge in [0.05, 0.1) is 0 Å². The Morgan fingerprint density at radius 1 is 1.22 bits per heavy atom. The Kier molecular flexibility index (Phi) is 3.37. The third-order valence-corrected chi connectivity index (χ3v) is 4.64. The molecule has 0 spiro atoms. The minimum Gasteiger partial charge on any atom is -0.373 e. The van der Waals surface area contributed by atoms with Gasteiger partial charge in [-0.25, -0.2) is 0 Å². The Hall–Kier alpha value is -1.08. The van der Waals surface area contributed by atoms with Gasteiger partial charge in [0.15, 0.2) is 0 Å². The smallest absolute Gasteiger partial charge is 0.101 e. The quantitative estimate of drug-likeness (QED) is 0.706. The minimum atomic E-state index is -0.215. The maximum absolute atomic E-state index is 6.03. The molecular weight excluding hydrogens is 220 g/mol. The van der Waals surface area contributed by atoms with E-state index >= 15 is 0 Å². The van der Waals surface area contributed by atoms with Gasteiger partial charge in [0.2, 0.25) is 0 Å². The van der Waals surface area contributed by atoms with Crippen molar-refractivity contribution in [1.82, 2.24) is 0 Å². The number of ether oxygens (including phenoxy) is 1. The first kappa shape index (κ1) is 13.4. The Balaban J connectivity index is 2.45. The van der Waals surface area contributed by atoms with E-state index in [1.54, 1.807) is 0 Å². The topological polar surface area (TPSA) is 9.23 Å². The first-order valence-electron chi connectivity index (χ1n) is 6.72. The van der Waals surface area contributed by atoms with Crippen molar-refractivity contribution < 1.29 is 4.74 Å². The molecule has 2 aliphatic rings. The van der Waals surface area contributed by atoms with Crippen LogP contribution in [0.2, 0.25) is 0 Å². The highest BCUT2D eigenvalue weighted by Crippen LogP contribution is 2.50. The lowest BCUT2D eigenvalue weighted by Gasteiger charge is -2.48. The molecule has 0 bridgehead atoms. The second-order valence-electron chi connectivity index (χ2n) is 5.93. The molecule has 0 fully saturated rings. The summed E-state index contributed by atoms with van der Waals surface area (Å²) in [5.41, 5.74) is 3.84. The zero-order chi connectivity index (χ0) is 13.4. The van der Waals surface area contributed by atoms with Gasteiger partial charge >= 0.3 is 0 Å². The standard InChI is InChI=1S/C17H24O/c1-13-10-11-17(18-5,14(2)12-13)16(3,4)15-8-6-7-9-15/h6,8-10,12H,7,11H2,1-5H3. The van der Waals surface area contributed by atoms with Crippen LogP contribution in [0.15, 0.2) is 47.1 Å². The first-order valence-corrected chi connectivity index (χ1v) is 6.72. The summed E-state index contributed by atoms with van der Waals surface area (Å²) in [6.07, 6.45) is 13.3. The summed E-state index contributed by atoms with van der Waals surface area (Å²) in [5, 5.41) is 0. The predicted molar refractivity (Wildman–Crippen MR) is 77.5 cm³/mol. The van der Waals surface area contributed by atoms with Crippen LogP contribution < -0.4 is 0 Å². The fraction of sp³-hybridized carbons (Fsp3) is 0.529. The van der Waals surface area contributed by atoms with Gasteiger partial charge in [-0.15, -0.1) is 0 Å². The van der Waals surface area contributed by atoms with Gasteiger partial charge in [-0.05, 0) is 37.8 Å². The SMILES string of the molecule is COC1(C(C)(C)C2=CCC=C2)CC=C(C)C=C1C. The van der Waals surface area contributed by atoms with E-state index < -0.39 is 0 Å². The number of rotatable bonds is 3. The molecule has 1 heteroatoms. The summed E-state index contributed by atoms with van der Waals surface area (Å²) >= 11 is 0. The molecule has 0 N–H and O–H groups in total. The largest absolute Gasteiger partial charge is 0.373 e. The van der Waals surface area contributed by atoms with Crippen LogP contribution in [0.3, 0.4) is 0 Å². The molecular formula is C17H24O. The summed E-state index contributed by atoms with van der Waals surface area (Å²) in [6.45, 7) is 8.94. The van der Waals surface area contributed by atoms with Crippen LogP contribution in [0, 0.1) is 5.41 Å². The maximum Gasteiger partial charge on any atom is 0.101 e. The summed E-state index contributed by atoms with van der Waals surface area (Å²) in [4.78, 5) is 0. The maximum atomic E-state index is 6.03. The van der Waals surface area contributed by atoms with Gasteiger partial charge in [0.1, 0.15) is 5.60 Å². The molecule has 0 aliphatic heterocycles. The highest BCUT2D eigenvalue weighted by atomic mass is 16.5. The summed E-state index contributed by atoms with van der Waals surface area (Å²) in [5.74, 6) is 0. The van der Waals surface area contributed by atoms with Crippen LogP contribution in [-0.4, -0.2) is 12.7 Å². The Labute approximate surface area is 111 Å². The fourth-order valence-corrected chi connectivity index (χ4v) is 3.38.